The number of nitrogens with zero attached hydrogens (tertiary/aromatic N) is 4. The van der Waals surface area contributed by atoms with Gasteiger partial charge in [0.2, 0.25) is 0 Å². The van der Waals surface area contributed by atoms with Crippen LogP contribution in [-0.4, -0.2) is 20.0 Å². The van der Waals surface area contributed by atoms with Crippen molar-refractivity contribution >= 4 is 0 Å². The van der Waals surface area contributed by atoms with E-state index in [2.05, 4.69) is 15.3 Å². The second kappa shape index (κ2) is 5.01. The fourth-order valence-corrected chi connectivity index (χ4v) is 1.66. The fourth-order valence-electron chi connectivity index (χ4n) is 1.66. The van der Waals surface area contributed by atoms with E-state index in [1.165, 1.54) is 18.3 Å². The maximum atomic E-state index is 13.6. The zero-order chi connectivity index (χ0) is 12.3. The predicted octanol–water partition coefficient (Wildman–Crippen LogP) is 1.27. The first-order valence-electron chi connectivity index (χ1n) is 5.48. The maximum Gasteiger partial charge on any atom is 0.146 e. The molecule has 2 heterocycles. The lowest BCUT2D eigenvalue weighted by Crippen LogP contribution is -2.20. The van der Waals surface area contributed by atoms with Crippen LogP contribution in [0.5, 0.6) is 0 Å². The Morgan fingerprint density at radius 1 is 1.53 bits per heavy atom. The summed E-state index contributed by atoms with van der Waals surface area (Å²) in [6.07, 6.45) is 3.98. The number of aryl methyl sites for hydroxylation is 1. The van der Waals surface area contributed by atoms with Crippen LogP contribution in [0.25, 0.3) is 0 Å². The van der Waals surface area contributed by atoms with Gasteiger partial charge in [-0.25, -0.2) is 9.07 Å². The van der Waals surface area contributed by atoms with Gasteiger partial charge in [-0.3, -0.25) is 4.98 Å². The number of nitrogens with two attached hydrogens (primary N) is 1. The molecule has 0 bridgehead atoms. The normalized spacial score (nSPS) is 12.6. The summed E-state index contributed by atoms with van der Waals surface area (Å²) in [4.78, 5) is 3.97. The van der Waals surface area contributed by atoms with Gasteiger partial charge < -0.3 is 5.73 Å². The Bertz CT molecular complexity index is 496. The Balaban J connectivity index is 2.34. The molecule has 5 nitrogen and oxygen atoms in total. The summed E-state index contributed by atoms with van der Waals surface area (Å²) in [6.45, 7) is 2.73. The van der Waals surface area contributed by atoms with Crippen LogP contribution in [0, 0.1) is 5.82 Å². The van der Waals surface area contributed by atoms with Crippen LogP contribution in [0.3, 0.4) is 0 Å². The molecule has 0 radical (unpaired) electrons. The summed E-state index contributed by atoms with van der Waals surface area (Å²) in [5.74, 6) is -0.413. The molecule has 0 aliphatic carbocycles. The first-order valence-corrected chi connectivity index (χ1v) is 5.48. The zero-order valence-corrected chi connectivity index (χ0v) is 9.55. The van der Waals surface area contributed by atoms with Gasteiger partial charge >= 0.3 is 0 Å². The molecule has 0 spiro atoms. The first kappa shape index (κ1) is 11.7. The smallest absolute Gasteiger partial charge is 0.146 e. The minimum Gasteiger partial charge on any atom is -0.318 e. The topological polar surface area (TPSA) is 69.6 Å². The highest BCUT2D eigenvalue weighted by Crippen LogP contribution is 2.19. The van der Waals surface area contributed by atoms with E-state index in [0.29, 0.717) is 12.2 Å². The Labute approximate surface area is 98.5 Å². The molecular weight excluding hydrogens is 221 g/mol. The number of pyridine rings is 1. The second-order valence-corrected chi connectivity index (χ2v) is 3.73. The van der Waals surface area contributed by atoms with E-state index in [-0.39, 0.29) is 5.69 Å². The van der Waals surface area contributed by atoms with Crippen LogP contribution in [0.2, 0.25) is 0 Å². The maximum absolute atomic E-state index is 13.6. The van der Waals surface area contributed by atoms with E-state index in [4.69, 9.17) is 5.73 Å². The molecule has 0 aliphatic heterocycles. The average Bonchev–Trinajstić information content (AvgIpc) is 2.78. The van der Waals surface area contributed by atoms with Crippen LogP contribution in [0.1, 0.15) is 30.8 Å². The minimum atomic E-state index is -0.641. The van der Waals surface area contributed by atoms with E-state index in [9.17, 15) is 4.39 Å². The molecule has 1 atom stereocenters. The van der Waals surface area contributed by atoms with Crippen molar-refractivity contribution in [2.75, 3.05) is 0 Å². The summed E-state index contributed by atoms with van der Waals surface area (Å²) in [7, 11) is 0. The van der Waals surface area contributed by atoms with E-state index < -0.39 is 11.9 Å². The summed E-state index contributed by atoms with van der Waals surface area (Å²) < 4.78 is 15.2. The molecule has 2 N–H and O–H groups in total. The lowest BCUT2D eigenvalue weighted by Gasteiger charge is -2.12. The third-order valence-corrected chi connectivity index (χ3v) is 2.48. The van der Waals surface area contributed by atoms with Gasteiger partial charge in [-0.2, -0.15) is 0 Å². The van der Waals surface area contributed by atoms with Crippen LogP contribution in [-0.2, 0) is 6.54 Å². The molecule has 0 saturated carbocycles. The molecule has 0 aliphatic rings. The molecule has 0 amide bonds. The van der Waals surface area contributed by atoms with E-state index in [0.717, 1.165) is 6.42 Å². The Kier molecular flexibility index (Phi) is 3.43. The SMILES string of the molecule is CCCn1nncc1C(N)c1ncccc1F. The van der Waals surface area contributed by atoms with Gasteiger partial charge in [-0.1, -0.05) is 12.1 Å². The molecule has 6 heteroatoms. The summed E-state index contributed by atoms with van der Waals surface area (Å²) in [6, 6.07) is 2.24. The number of hydrogen-bond acceptors (Lipinski definition) is 4. The van der Waals surface area contributed by atoms with Crippen molar-refractivity contribution in [1.82, 2.24) is 20.0 Å². The molecule has 0 aromatic carbocycles. The molecule has 2 aromatic heterocycles. The predicted molar refractivity (Wildman–Crippen MR) is 60.5 cm³/mol. The molecule has 0 saturated heterocycles. The first-order chi connectivity index (χ1) is 8.24. The third-order valence-electron chi connectivity index (χ3n) is 2.48. The molecule has 1 unspecified atom stereocenters. The van der Waals surface area contributed by atoms with Crippen molar-refractivity contribution in [2.45, 2.75) is 25.9 Å². The van der Waals surface area contributed by atoms with Crippen molar-refractivity contribution in [2.24, 2.45) is 5.73 Å². The number of halogens is 1. The lowest BCUT2D eigenvalue weighted by molar-refractivity contribution is 0.527. The molecular formula is C11H14FN5. The van der Waals surface area contributed by atoms with Crippen molar-refractivity contribution in [3.05, 3.63) is 41.7 Å². The lowest BCUT2D eigenvalue weighted by atomic mass is 10.1. The molecule has 2 aromatic rings. The van der Waals surface area contributed by atoms with Crippen molar-refractivity contribution < 1.29 is 4.39 Å². The van der Waals surface area contributed by atoms with Gasteiger partial charge in [0.1, 0.15) is 5.82 Å². The van der Waals surface area contributed by atoms with E-state index in [1.54, 1.807) is 10.9 Å². The average molecular weight is 235 g/mol. The molecule has 0 fully saturated rings. The Morgan fingerprint density at radius 2 is 2.35 bits per heavy atom. The molecule has 2 rings (SSSR count). The number of aromatic nitrogens is 4. The van der Waals surface area contributed by atoms with Crippen molar-refractivity contribution in [3.63, 3.8) is 0 Å². The summed E-state index contributed by atoms with van der Waals surface area (Å²) in [5.41, 5.74) is 6.88. The fraction of sp³-hybridized carbons (Fsp3) is 0.364. The van der Waals surface area contributed by atoms with Gasteiger partial charge in [0.15, 0.2) is 0 Å². The highest BCUT2D eigenvalue weighted by atomic mass is 19.1. The Hall–Kier alpha value is -1.82. The quantitative estimate of drug-likeness (QED) is 0.866. The van der Waals surface area contributed by atoms with Crippen LogP contribution in [0.4, 0.5) is 4.39 Å². The molecule has 17 heavy (non-hydrogen) atoms. The second-order valence-electron chi connectivity index (χ2n) is 3.73. The highest BCUT2D eigenvalue weighted by molar-refractivity contribution is 5.20. The van der Waals surface area contributed by atoms with E-state index >= 15 is 0 Å². The summed E-state index contributed by atoms with van der Waals surface area (Å²) in [5, 5.41) is 7.72. The van der Waals surface area contributed by atoms with Crippen molar-refractivity contribution in [1.29, 1.82) is 0 Å². The van der Waals surface area contributed by atoms with Crippen LogP contribution >= 0.6 is 0 Å². The van der Waals surface area contributed by atoms with Crippen LogP contribution in [0.15, 0.2) is 24.5 Å². The van der Waals surface area contributed by atoms with Gasteiger partial charge in [-0.15, -0.1) is 5.10 Å². The standard InChI is InChI=1S/C11H14FN5/c1-2-6-17-9(7-15-16-17)10(13)11-8(12)4-3-5-14-11/h3-5,7,10H,2,6,13H2,1H3. The van der Waals surface area contributed by atoms with E-state index in [1.807, 2.05) is 6.92 Å². The Morgan fingerprint density at radius 3 is 3.06 bits per heavy atom. The monoisotopic (exact) mass is 235 g/mol. The largest absolute Gasteiger partial charge is 0.318 e. The van der Waals surface area contributed by atoms with Gasteiger partial charge in [-0.05, 0) is 18.6 Å². The minimum absolute atomic E-state index is 0.215. The number of hydrogen-bond donors (Lipinski definition) is 1. The van der Waals surface area contributed by atoms with Gasteiger partial charge in [0, 0.05) is 12.7 Å². The van der Waals surface area contributed by atoms with Crippen molar-refractivity contribution in [3.8, 4) is 0 Å². The molecule has 90 valence electrons. The highest BCUT2D eigenvalue weighted by Gasteiger charge is 2.19. The number of rotatable bonds is 4. The zero-order valence-electron chi connectivity index (χ0n) is 9.55. The van der Waals surface area contributed by atoms with Crippen LogP contribution < -0.4 is 5.73 Å². The third kappa shape index (κ3) is 2.31. The van der Waals surface area contributed by atoms with Gasteiger partial charge in [0.25, 0.3) is 0 Å². The summed E-state index contributed by atoms with van der Waals surface area (Å²) >= 11 is 0. The van der Waals surface area contributed by atoms with Gasteiger partial charge in [0.05, 0.1) is 23.6 Å².